The monoisotopic (exact) mass is 267 g/mol. The average molecular weight is 267 g/mol. The van der Waals surface area contributed by atoms with Gasteiger partial charge in [-0.05, 0) is 32.6 Å². The van der Waals surface area contributed by atoms with Crippen LogP contribution in [0.4, 0.5) is 4.79 Å². The van der Waals surface area contributed by atoms with Gasteiger partial charge in [0.15, 0.2) is 0 Å². The summed E-state index contributed by atoms with van der Waals surface area (Å²) in [5.41, 5.74) is 0. The number of hydrogen-bond donors (Lipinski definition) is 2. The summed E-state index contributed by atoms with van der Waals surface area (Å²) in [4.78, 5) is 13.7. The molecule has 5 nitrogen and oxygen atoms in total. The minimum absolute atomic E-state index is 0.0522. The van der Waals surface area contributed by atoms with E-state index in [1.54, 1.807) is 6.26 Å². The Morgan fingerprint density at radius 3 is 2.74 bits per heavy atom. The van der Waals surface area contributed by atoms with Crippen molar-refractivity contribution in [3.05, 3.63) is 24.2 Å². The molecule has 0 aromatic carbocycles. The molecule has 0 aliphatic carbocycles. The number of carbonyl (C=O) groups excluding carboxylic acids is 1. The molecule has 0 fully saturated rings. The first-order valence-electron chi connectivity index (χ1n) is 6.86. The minimum atomic E-state index is -0.116. The molecule has 0 spiro atoms. The van der Waals surface area contributed by atoms with Crippen molar-refractivity contribution in [1.29, 1.82) is 0 Å². The smallest absolute Gasteiger partial charge is 0.314 e. The van der Waals surface area contributed by atoms with Gasteiger partial charge in [-0.2, -0.15) is 0 Å². The van der Waals surface area contributed by atoms with Crippen LogP contribution in [0.1, 0.15) is 38.0 Å². The SMILES string of the molecule is CCCCCNC(=O)NCC(c1ccco1)N(C)C. The van der Waals surface area contributed by atoms with Crippen LogP contribution in [0.5, 0.6) is 0 Å². The lowest BCUT2D eigenvalue weighted by Crippen LogP contribution is -2.40. The Kier molecular flexibility index (Phi) is 7.03. The second-order valence-electron chi connectivity index (χ2n) is 4.84. The number of amides is 2. The molecule has 0 saturated carbocycles. The van der Waals surface area contributed by atoms with Crippen molar-refractivity contribution in [2.24, 2.45) is 0 Å². The number of unbranched alkanes of at least 4 members (excludes halogenated alkanes) is 2. The summed E-state index contributed by atoms with van der Waals surface area (Å²) < 4.78 is 5.39. The highest BCUT2D eigenvalue weighted by molar-refractivity contribution is 5.73. The van der Waals surface area contributed by atoms with Gasteiger partial charge in [-0.3, -0.25) is 4.90 Å². The van der Waals surface area contributed by atoms with Gasteiger partial charge in [0.25, 0.3) is 0 Å². The zero-order valence-corrected chi connectivity index (χ0v) is 12.1. The van der Waals surface area contributed by atoms with Crippen LogP contribution in [-0.4, -0.2) is 38.1 Å². The van der Waals surface area contributed by atoms with Gasteiger partial charge in [-0.15, -0.1) is 0 Å². The predicted octanol–water partition coefficient (Wildman–Crippen LogP) is 2.37. The molecule has 1 heterocycles. The summed E-state index contributed by atoms with van der Waals surface area (Å²) in [7, 11) is 3.93. The largest absolute Gasteiger partial charge is 0.468 e. The molecule has 1 atom stereocenters. The van der Waals surface area contributed by atoms with E-state index >= 15 is 0 Å². The summed E-state index contributed by atoms with van der Waals surface area (Å²) in [5.74, 6) is 0.858. The fraction of sp³-hybridized carbons (Fsp3) is 0.643. The van der Waals surface area contributed by atoms with Crippen LogP contribution >= 0.6 is 0 Å². The highest BCUT2D eigenvalue weighted by Crippen LogP contribution is 2.17. The van der Waals surface area contributed by atoms with E-state index in [1.807, 2.05) is 31.1 Å². The van der Waals surface area contributed by atoms with Crippen LogP contribution in [0.25, 0.3) is 0 Å². The Balaban J connectivity index is 2.30. The zero-order valence-electron chi connectivity index (χ0n) is 12.1. The minimum Gasteiger partial charge on any atom is -0.468 e. The summed E-state index contributed by atoms with van der Waals surface area (Å²) in [6.07, 6.45) is 4.98. The van der Waals surface area contributed by atoms with Crippen LogP contribution in [0.15, 0.2) is 22.8 Å². The summed E-state index contributed by atoms with van der Waals surface area (Å²) in [6, 6.07) is 3.72. The molecule has 0 aliphatic heterocycles. The Labute approximate surface area is 115 Å². The molecule has 19 heavy (non-hydrogen) atoms. The molecular weight excluding hydrogens is 242 g/mol. The third-order valence-electron chi connectivity index (χ3n) is 3.02. The molecule has 1 rings (SSSR count). The van der Waals surface area contributed by atoms with E-state index in [9.17, 15) is 4.79 Å². The van der Waals surface area contributed by atoms with Crippen LogP contribution in [0.2, 0.25) is 0 Å². The van der Waals surface area contributed by atoms with E-state index in [-0.39, 0.29) is 12.1 Å². The van der Waals surface area contributed by atoms with E-state index < -0.39 is 0 Å². The number of nitrogens with zero attached hydrogens (tertiary/aromatic N) is 1. The van der Waals surface area contributed by atoms with Gasteiger partial charge in [-0.25, -0.2) is 4.79 Å². The Hall–Kier alpha value is -1.49. The van der Waals surface area contributed by atoms with Gasteiger partial charge in [0, 0.05) is 13.1 Å². The Morgan fingerprint density at radius 2 is 2.16 bits per heavy atom. The molecule has 5 heteroatoms. The molecule has 1 aromatic heterocycles. The highest BCUT2D eigenvalue weighted by Gasteiger charge is 2.17. The van der Waals surface area contributed by atoms with Crippen molar-refractivity contribution in [3.63, 3.8) is 0 Å². The lowest BCUT2D eigenvalue weighted by Gasteiger charge is -2.22. The van der Waals surface area contributed by atoms with Crippen LogP contribution in [0.3, 0.4) is 0 Å². The maximum atomic E-state index is 11.6. The molecule has 2 N–H and O–H groups in total. The Bertz CT molecular complexity index is 350. The number of hydrogen-bond acceptors (Lipinski definition) is 3. The van der Waals surface area contributed by atoms with Crippen molar-refractivity contribution >= 4 is 6.03 Å². The first-order chi connectivity index (χ1) is 9.15. The number of likely N-dealkylation sites (N-methyl/N-ethyl adjacent to an activating group) is 1. The van der Waals surface area contributed by atoms with Gasteiger partial charge >= 0.3 is 6.03 Å². The number of furan rings is 1. The maximum absolute atomic E-state index is 11.6. The maximum Gasteiger partial charge on any atom is 0.314 e. The first kappa shape index (κ1) is 15.6. The lowest BCUT2D eigenvalue weighted by atomic mass is 10.2. The quantitative estimate of drug-likeness (QED) is 0.711. The molecule has 2 amide bonds. The second kappa shape index (κ2) is 8.58. The van der Waals surface area contributed by atoms with Crippen LogP contribution in [-0.2, 0) is 0 Å². The van der Waals surface area contributed by atoms with Gasteiger partial charge in [0.1, 0.15) is 5.76 Å². The predicted molar refractivity (Wildman–Crippen MR) is 76.1 cm³/mol. The lowest BCUT2D eigenvalue weighted by molar-refractivity contribution is 0.225. The molecule has 0 saturated heterocycles. The van der Waals surface area contributed by atoms with E-state index in [2.05, 4.69) is 17.6 Å². The topological polar surface area (TPSA) is 57.5 Å². The Morgan fingerprint density at radius 1 is 1.37 bits per heavy atom. The van der Waals surface area contributed by atoms with Crippen molar-refractivity contribution in [1.82, 2.24) is 15.5 Å². The van der Waals surface area contributed by atoms with E-state index in [1.165, 1.54) is 0 Å². The fourth-order valence-corrected chi connectivity index (χ4v) is 1.85. The number of carbonyl (C=O) groups is 1. The third kappa shape index (κ3) is 5.79. The summed E-state index contributed by atoms with van der Waals surface area (Å²) in [6.45, 7) is 3.40. The van der Waals surface area contributed by atoms with Gasteiger partial charge in [0.2, 0.25) is 0 Å². The number of rotatable bonds is 8. The molecular formula is C14H25N3O2. The highest BCUT2D eigenvalue weighted by atomic mass is 16.3. The first-order valence-corrected chi connectivity index (χ1v) is 6.86. The van der Waals surface area contributed by atoms with Crippen molar-refractivity contribution in [2.75, 3.05) is 27.2 Å². The average Bonchev–Trinajstić information content (AvgIpc) is 2.88. The molecule has 0 aliphatic rings. The van der Waals surface area contributed by atoms with Crippen molar-refractivity contribution < 1.29 is 9.21 Å². The second-order valence-corrected chi connectivity index (χ2v) is 4.84. The van der Waals surface area contributed by atoms with Gasteiger partial charge in [0.05, 0.1) is 12.3 Å². The number of urea groups is 1. The fourth-order valence-electron chi connectivity index (χ4n) is 1.85. The molecule has 1 aromatic rings. The van der Waals surface area contributed by atoms with E-state index in [0.717, 1.165) is 31.6 Å². The molecule has 108 valence electrons. The summed E-state index contributed by atoms with van der Waals surface area (Å²) in [5, 5.41) is 5.74. The van der Waals surface area contributed by atoms with Gasteiger partial charge in [-0.1, -0.05) is 19.8 Å². The van der Waals surface area contributed by atoms with Crippen LogP contribution in [0, 0.1) is 0 Å². The third-order valence-corrected chi connectivity index (χ3v) is 3.02. The normalized spacial score (nSPS) is 12.4. The number of nitrogens with one attached hydrogen (secondary N) is 2. The van der Waals surface area contributed by atoms with Gasteiger partial charge < -0.3 is 15.1 Å². The molecule has 0 bridgehead atoms. The zero-order chi connectivity index (χ0) is 14.1. The van der Waals surface area contributed by atoms with Crippen LogP contribution < -0.4 is 10.6 Å². The van der Waals surface area contributed by atoms with Crippen molar-refractivity contribution in [2.45, 2.75) is 32.2 Å². The molecule has 1 unspecified atom stereocenters. The standard InChI is InChI=1S/C14H25N3O2/c1-4-5-6-9-15-14(18)16-11-12(17(2)3)13-8-7-10-19-13/h7-8,10,12H,4-6,9,11H2,1-3H3,(H2,15,16,18). The molecule has 0 radical (unpaired) electrons. The van der Waals surface area contributed by atoms with Crippen molar-refractivity contribution in [3.8, 4) is 0 Å². The summed E-state index contributed by atoms with van der Waals surface area (Å²) >= 11 is 0. The van der Waals surface area contributed by atoms with E-state index in [4.69, 9.17) is 4.42 Å². The van der Waals surface area contributed by atoms with E-state index in [0.29, 0.717) is 6.54 Å².